The zero-order valence-electron chi connectivity index (χ0n) is 13.4. The Balaban J connectivity index is 2.08. The van der Waals surface area contributed by atoms with Crippen LogP contribution in [-0.2, 0) is 0 Å². The summed E-state index contributed by atoms with van der Waals surface area (Å²) in [6, 6.07) is 13.5. The van der Waals surface area contributed by atoms with Gasteiger partial charge in [0.25, 0.3) is 0 Å². The van der Waals surface area contributed by atoms with Crippen molar-refractivity contribution in [1.82, 2.24) is 14.4 Å². The van der Waals surface area contributed by atoms with E-state index in [1.165, 1.54) is 0 Å². The van der Waals surface area contributed by atoms with Gasteiger partial charge in [-0.2, -0.15) is 0 Å². The van der Waals surface area contributed by atoms with Crippen molar-refractivity contribution < 1.29 is 9.47 Å². The predicted molar refractivity (Wildman–Crippen MR) is 93.4 cm³/mol. The fraction of sp³-hybridized carbons (Fsp3) is 0.111. The second kappa shape index (κ2) is 5.42. The van der Waals surface area contributed by atoms with Crippen molar-refractivity contribution in [2.45, 2.75) is 0 Å². The van der Waals surface area contributed by atoms with Crippen LogP contribution in [0.3, 0.4) is 0 Å². The van der Waals surface area contributed by atoms with Crippen LogP contribution in [0.5, 0.6) is 11.5 Å². The van der Waals surface area contributed by atoms with E-state index in [4.69, 9.17) is 15.2 Å². The third-order valence-corrected chi connectivity index (χ3v) is 4.04. The molecule has 24 heavy (non-hydrogen) atoms. The van der Waals surface area contributed by atoms with E-state index in [9.17, 15) is 0 Å². The first-order chi connectivity index (χ1) is 11.7. The lowest BCUT2D eigenvalue weighted by molar-refractivity contribution is 0.395. The minimum atomic E-state index is 0.396. The number of anilines is 1. The molecule has 0 radical (unpaired) electrons. The summed E-state index contributed by atoms with van der Waals surface area (Å²) in [6.07, 6.45) is 1.78. The maximum atomic E-state index is 6.08. The van der Waals surface area contributed by atoms with Crippen molar-refractivity contribution in [3.8, 4) is 22.8 Å². The number of nitrogen functional groups attached to an aromatic ring is 1. The van der Waals surface area contributed by atoms with E-state index < -0.39 is 0 Å². The molecule has 0 bridgehead atoms. The lowest BCUT2D eigenvalue weighted by Crippen LogP contribution is -2.00. The number of methoxy groups -OCH3 is 2. The van der Waals surface area contributed by atoms with Crippen molar-refractivity contribution in [2.75, 3.05) is 20.0 Å². The Hall–Kier alpha value is -3.28. The van der Waals surface area contributed by atoms with E-state index in [1.807, 2.05) is 46.9 Å². The smallest absolute Gasteiger partial charge is 0.180 e. The van der Waals surface area contributed by atoms with Gasteiger partial charge in [0.1, 0.15) is 11.5 Å². The molecule has 0 aliphatic heterocycles. The molecular weight excluding hydrogens is 304 g/mol. The zero-order chi connectivity index (χ0) is 16.7. The lowest BCUT2D eigenvalue weighted by Gasteiger charge is -2.12. The Kier molecular flexibility index (Phi) is 3.23. The average molecular weight is 320 g/mol. The molecule has 6 heteroatoms. The molecule has 0 unspecified atom stereocenters. The van der Waals surface area contributed by atoms with Gasteiger partial charge < -0.3 is 15.2 Å². The van der Waals surface area contributed by atoms with Crippen LogP contribution in [-0.4, -0.2) is 28.6 Å². The van der Waals surface area contributed by atoms with Gasteiger partial charge in [-0.1, -0.05) is 12.1 Å². The Bertz CT molecular complexity index is 1060. The number of rotatable bonds is 3. The van der Waals surface area contributed by atoms with Gasteiger partial charge in [0.2, 0.25) is 0 Å². The number of hydrogen-bond donors (Lipinski definition) is 1. The van der Waals surface area contributed by atoms with E-state index >= 15 is 0 Å². The summed E-state index contributed by atoms with van der Waals surface area (Å²) < 4.78 is 12.8. The molecule has 2 N–H and O–H groups in total. The zero-order valence-corrected chi connectivity index (χ0v) is 13.4. The molecular formula is C18H16N4O2. The van der Waals surface area contributed by atoms with Crippen LogP contribution in [0.15, 0.2) is 48.7 Å². The number of nitrogens with zero attached hydrogens (tertiary/aromatic N) is 3. The van der Waals surface area contributed by atoms with Crippen LogP contribution in [0.1, 0.15) is 0 Å². The Morgan fingerprint density at radius 2 is 1.88 bits per heavy atom. The van der Waals surface area contributed by atoms with Gasteiger partial charge in [0, 0.05) is 11.6 Å². The second-order valence-electron chi connectivity index (χ2n) is 5.35. The maximum Gasteiger partial charge on any atom is 0.180 e. The van der Waals surface area contributed by atoms with Gasteiger partial charge in [-0.25, -0.2) is 9.97 Å². The Morgan fingerprint density at radius 3 is 2.67 bits per heavy atom. The van der Waals surface area contributed by atoms with Gasteiger partial charge in [-0.3, -0.25) is 4.40 Å². The molecule has 120 valence electrons. The molecule has 2 heterocycles. The number of para-hydroxylation sites is 2. The van der Waals surface area contributed by atoms with E-state index in [0.29, 0.717) is 17.2 Å². The van der Waals surface area contributed by atoms with Gasteiger partial charge in [-0.15, -0.1) is 0 Å². The largest absolute Gasteiger partial charge is 0.497 e. The van der Waals surface area contributed by atoms with E-state index in [2.05, 4.69) is 9.97 Å². The van der Waals surface area contributed by atoms with E-state index in [1.54, 1.807) is 20.4 Å². The second-order valence-corrected chi connectivity index (χ2v) is 5.35. The summed E-state index contributed by atoms with van der Waals surface area (Å²) in [7, 11) is 3.26. The molecule has 6 nitrogen and oxygen atoms in total. The standard InChI is InChI=1S/C18H16N4O2/c1-23-11-7-8-12(16(9-11)24-2)15-10-20-18-17(19)21-13-5-3-4-6-14(13)22(15)18/h3-10H,1-2H3,(H2,19,21). The van der Waals surface area contributed by atoms with Crippen LogP contribution >= 0.6 is 0 Å². The fourth-order valence-electron chi connectivity index (χ4n) is 2.90. The molecule has 2 aromatic heterocycles. The molecule has 0 amide bonds. The summed E-state index contributed by atoms with van der Waals surface area (Å²) in [5.41, 5.74) is 10.3. The Morgan fingerprint density at radius 1 is 1.04 bits per heavy atom. The highest BCUT2D eigenvalue weighted by Crippen LogP contribution is 2.35. The summed E-state index contributed by atoms with van der Waals surface area (Å²) in [4.78, 5) is 8.88. The minimum absolute atomic E-state index is 0.396. The Labute approximate surface area is 138 Å². The normalized spacial score (nSPS) is 11.1. The number of nitrogens with two attached hydrogens (primary N) is 1. The minimum Gasteiger partial charge on any atom is -0.497 e. The number of fused-ring (bicyclic) bond motifs is 3. The van der Waals surface area contributed by atoms with Crippen LogP contribution in [0.4, 0.5) is 5.82 Å². The average Bonchev–Trinajstić information content (AvgIpc) is 3.07. The van der Waals surface area contributed by atoms with Crippen molar-refractivity contribution >= 4 is 22.5 Å². The lowest BCUT2D eigenvalue weighted by atomic mass is 10.1. The van der Waals surface area contributed by atoms with Crippen molar-refractivity contribution in [3.63, 3.8) is 0 Å². The van der Waals surface area contributed by atoms with Gasteiger partial charge in [0.05, 0.1) is 37.1 Å². The predicted octanol–water partition coefficient (Wildman–Crippen LogP) is 3.15. The van der Waals surface area contributed by atoms with E-state index in [-0.39, 0.29) is 0 Å². The number of aromatic nitrogens is 3. The van der Waals surface area contributed by atoms with Gasteiger partial charge in [0.15, 0.2) is 11.5 Å². The van der Waals surface area contributed by atoms with Gasteiger partial charge >= 0.3 is 0 Å². The summed E-state index contributed by atoms with van der Waals surface area (Å²) in [5.74, 6) is 1.83. The first-order valence-electron chi connectivity index (χ1n) is 7.47. The van der Waals surface area contributed by atoms with Crippen LogP contribution in [0.2, 0.25) is 0 Å². The van der Waals surface area contributed by atoms with Crippen molar-refractivity contribution in [3.05, 3.63) is 48.7 Å². The molecule has 0 aliphatic rings. The molecule has 0 fully saturated rings. The number of ether oxygens (including phenoxy) is 2. The highest BCUT2D eigenvalue weighted by Gasteiger charge is 2.16. The third-order valence-electron chi connectivity index (χ3n) is 4.04. The first kappa shape index (κ1) is 14.3. The fourth-order valence-corrected chi connectivity index (χ4v) is 2.90. The first-order valence-corrected chi connectivity index (χ1v) is 7.47. The quantitative estimate of drug-likeness (QED) is 0.627. The van der Waals surface area contributed by atoms with Crippen LogP contribution in [0.25, 0.3) is 27.9 Å². The van der Waals surface area contributed by atoms with Crippen molar-refractivity contribution in [1.29, 1.82) is 0 Å². The van der Waals surface area contributed by atoms with Crippen molar-refractivity contribution in [2.24, 2.45) is 0 Å². The molecule has 2 aromatic carbocycles. The molecule has 4 rings (SSSR count). The third kappa shape index (κ3) is 2.04. The topological polar surface area (TPSA) is 74.7 Å². The maximum absolute atomic E-state index is 6.08. The molecule has 0 atom stereocenters. The molecule has 0 spiro atoms. The highest BCUT2D eigenvalue weighted by atomic mass is 16.5. The highest BCUT2D eigenvalue weighted by molar-refractivity contribution is 5.86. The SMILES string of the molecule is COc1ccc(-c2cnc3c(N)nc4ccccc4n23)c(OC)c1. The van der Waals surface area contributed by atoms with Crippen LogP contribution in [0, 0.1) is 0 Å². The molecule has 0 aliphatic carbocycles. The number of imidazole rings is 1. The monoisotopic (exact) mass is 320 g/mol. The number of hydrogen-bond acceptors (Lipinski definition) is 5. The summed E-state index contributed by atoms with van der Waals surface area (Å²) in [6.45, 7) is 0. The summed E-state index contributed by atoms with van der Waals surface area (Å²) in [5, 5.41) is 0. The van der Waals surface area contributed by atoms with Crippen LogP contribution < -0.4 is 15.2 Å². The molecule has 0 saturated carbocycles. The number of benzene rings is 2. The van der Waals surface area contributed by atoms with E-state index in [0.717, 1.165) is 28.0 Å². The summed E-state index contributed by atoms with van der Waals surface area (Å²) >= 11 is 0. The molecule has 4 aromatic rings. The molecule has 0 saturated heterocycles. The van der Waals surface area contributed by atoms with Gasteiger partial charge in [-0.05, 0) is 24.3 Å².